The van der Waals surface area contributed by atoms with Gasteiger partial charge in [-0.2, -0.15) is 0 Å². The highest BCUT2D eigenvalue weighted by Crippen LogP contribution is 2.11. The van der Waals surface area contributed by atoms with Gasteiger partial charge < -0.3 is 20.2 Å². The summed E-state index contributed by atoms with van der Waals surface area (Å²) in [6, 6.07) is 9.36. The molecule has 0 spiro atoms. The van der Waals surface area contributed by atoms with E-state index in [0.717, 1.165) is 5.56 Å². The number of furan rings is 1. The maximum absolute atomic E-state index is 13.0. The lowest BCUT2D eigenvalue weighted by molar-refractivity contribution is 0.148. The number of aliphatic hydroxyl groups excluding tert-OH is 1. The monoisotopic (exact) mass is 306 g/mol. The molecule has 2 amide bonds. The number of nitrogens with one attached hydrogen (secondary N) is 2. The van der Waals surface area contributed by atoms with E-state index in [2.05, 4.69) is 10.6 Å². The van der Waals surface area contributed by atoms with Gasteiger partial charge in [0.05, 0.1) is 12.8 Å². The number of hydrogen-bond acceptors (Lipinski definition) is 3. The van der Waals surface area contributed by atoms with Crippen LogP contribution in [0.3, 0.4) is 0 Å². The molecule has 0 saturated carbocycles. The lowest BCUT2D eigenvalue weighted by Crippen LogP contribution is -2.38. The van der Waals surface area contributed by atoms with Crippen molar-refractivity contribution in [3.63, 3.8) is 0 Å². The Labute approximate surface area is 128 Å². The Morgan fingerprint density at radius 2 is 2.14 bits per heavy atom. The summed E-state index contributed by atoms with van der Waals surface area (Å²) in [6.45, 7) is 0.544. The second kappa shape index (κ2) is 8.19. The molecule has 22 heavy (non-hydrogen) atoms. The van der Waals surface area contributed by atoms with Crippen LogP contribution in [0.2, 0.25) is 0 Å². The molecule has 0 aliphatic carbocycles. The Balaban J connectivity index is 1.60. The van der Waals surface area contributed by atoms with Gasteiger partial charge in [0, 0.05) is 6.54 Å². The molecule has 0 aliphatic rings. The third kappa shape index (κ3) is 5.21. The number of hydrogen-bond donors (Lipinski definition) is 3. The van der Waals surface area contributed by atoms with Crippen molar-refractivity contribution in [2.24, 2.45) is 0 Å². The van der Waals surface area contributed by atoms with E-state index in [1.807, 2.05) is 6.07 Å². The van der Waals surface area contributed by atoms with Gasteiger partial charge in [-0.15, -0.1) is 0 Å². The zero-order valence-electron chi connectivity index (χ0n) is 12.1. The predicted molar refractivity (Wildman–Crippen MR) is 79.8 cm³/mol. The van der Waals surface area contributed by atoms with Gasteiger partial charge in [0.15, 0.2) is 0 Å². The highest BCUT2D eigenvalue weighted by atomic mass is 19.1. The predicted octanol–water partition coefficient (Wildman–Crippen LogP) is 2.38. The van der Waals surface area contributed by atoms with Crippen molar-refractivity contribution >= 4 is 6.03 Å². The number of rotatable bonds is 7. The minimum Gasteiger partial charge on any atom is -0.467 e. The highest BCUT2D eigenvalue weighted by Gasteiger charge is 2.11. The quantitative estimate of drug-likeness (QED) is 0.688. The number of urea groups is 1. The molecule has 2 rings (SSSR count). The molecule has 0 radical (unpaired) electrons. The topological polar surface area (TPSA) is 74.5 Å². The average molecular weight is 306 g/mol. The molecule has 1 unspecified atom stereocenters. The van der Waals surface area contributed by atoms with Gasteiger partial charge in [-0.05, 0) is 42.7 Å². The van der Waals surface area contributed by atoms with Crippen molar-refractivity contribution < 1.29 is 18.7 Å². The Bertz CT molecular complexity index is 587. The summed E-state index contributed by atoms with van der Waals surface area (Å²) in [7, 11) is 0. The van der Waals surface area contributed by atoms with Crippen LogP contribution in [0.4, 0.5) is 9.18 Å². The molecule has 1 atom stereocenters. The van der Waals surface area contributed by atoms with Crippen LogP contribution < -0.4 is 10.6 Å². The molecular weight excluding hydrogens is 287 g/mol. The minimum atomic E-state index is -0.868. The first kappa shape index (κ1) is 16.0. The number of carbonyl (C=O) groups is 1. The van der Waals surface area contributed by atoms with Gasteiger partial charge in [0.1, 0.15) is 17.7 Å². The van der Waals surface area contributed by atoms with E-state index >= 15 is 0 Å². The molecule has 6 heteroatoms. The van der Waals surface area contributed by atoms with Crippen molar-refractivity contribution in [3.05, 3.63) is 59.8 Å². The maximum atomic E-state index is 13.0. The molecule has 0 saturated heterocycles. The molecular formula is C16H19FN2O3. The van der Waals surface area contributed by atoms with Crippen molar-refractivity contribution in [2.75, 3.05) is 13.1 Å². The molecule has 1 heterocycles. The van der Waals surface area contributed by atoms with Gasteiger partial charge in [-0.3, -0.25) is 0 Å². The average Bonchev–Trinajstić information content (AvgIpc) is 3.04. The Morgan fingerprint density at radius 3 is 2.86 bits per heavy atom. The minimum absolute atomic E-state index is 0.0727. The summed E-state index contributed by atoms with van der Waals surface area (Å²) in [6.07, 6.45) is 1.99. The summed E-state index contributed by atoms with van der Waals surface area (Å²) in [5, 5.41) is 15.0. The maximum Gasteiger partial charge on any atom is 0.314 e. The fraction of sp³-hybridized carbons (Fsp3) is 0.312. The molecule has 3 N–H and O–H groups in total. The number of aliphatic hydroxyl groups is 1. The van der Waals surface area contributed by atoms with Gasteiger partial charge in [0.2, 0.25) is 0 Å². The number of halogens is 1. The zero-order valence-corrected chi connectivity index (χ0v) is 12.1. The van der Waals surface area contributed by atoms with Crippen molar-refractivity contribution in [3.8, 4) is 0 Å². The van der Waals surface area contributed by atoms with E-state index in [-0.39, 0.29) is 18.4 Å². The van der Waals surface area contributed by atoms with Crippen LogP contribution in [0.5, 0.6) is 0 Å². The van der Waals surface area contributed by atoms with E-state index in [1.54, 1.807) is 18.2 Å². The van der Waals surface area contributed by atoms with Crippen LogP contribution in [0, 0.1) is 5.82 Å². The van der Waals surface area contributed by atoms with E-state index in [1.165, 1.54) is 18.4 Å². The largest absolute Gasteiger partial charge is 0.467 e. The lowest BCUT2D eigenvalue weighted by atomic mass is 10.1. The summed E-state index contributed by atoms with van der Waals surface area (Å²) >= 11 is 0. The van der Waals surface area contributed by atoms with Crippen molar-refractivity contribution in [1.82, 2.24) is 10.6 Å². The Hall–Kier alpha value is -2.34. The highest BCUT2D eigenvalue weighted by molar-refractivity contribution is 5.73. The van der Waals surface area contributed by atoms with Gasteiger partial charge in [-0.25, -0.2) is 9.18 Å². The summed E-state index contributed by atoms with van der Waals surface area (Å²) in [5.41, 5.74) is 0.899. The van der Waals surface area contributed by atoms with E-state index in [9.17, 15) is 14.3 Å². The lowest BCUT2D eigenvalue weighted by Gasteiger charge is -2.10. The summed E-state index contributed by atoms with van der Waals surface area (Å²) in [5.74, 6) is 0.154. The first-order chi connectivity index (χ1) is 10.6. The van der Waals surface area contributed by atoms with Gasteiger partial charge in [0.25, 0.3) is 0 Å². The molecule has 118 valence electrons. The molecule has 0 bridgehead atoms. The SMILES string of the molecule is O=C(NCCCc1cccc(F)c1)NCC(O)c1ccco1. The van der Waals surface area contributed by atoms with Crippen LogP contribution in [0.1, 0.15) is 23.8 Å². The van der Waals surface area contributed by atoms with Gasteiger partial charge >= 0.3 is 6.03 Å². The van der Waals surface area contributed by atoms with Crippen LogP contribution in [-0.2, 0) is 6.42 Å². The number of carbonyl (C=O) groups excluding carboxylic acids is 1. The molecule has 2 aromatic rings. The zero-order chi connectivity index (χ0) is 15.8. The van der Waals surface area contributed by atoms with E-state index in [0.29, 0.717) is 25.1 Å². The van der Waals surface area contributed by atoms with Gasteiger partial charge in [-0.1, -0.05) is 12.1 Å². The number of aryl methyl sites for hydroxylation is 1. The third-order valence-corrected chi connectivity index (χ3v) is 3.14. The molecule has 5 nitrogen and oxygen atoms in total. The number of amides is 2. The first-order valence-electron chi connectivity index (χ1n) is 7.13. The third-order valence-electron chi connectivity index (χ3n) is 3.14. The summed E-state index contributed by atoms with van der Waals surface area (Å²) < 4.78 is 18.0. The smallest absolute Gasteiger partial charge is 0.314 e. The van der Waals surface area contributed by atoms with Crippen molar-refractivity contribution in [1.29, 1.82) is 0 Å². The normalized spacial score (nSPS) is 11.9. The molecule has 0 aliphatic heterocycles. The van der Waals surface area contributed by atoms with Crippen LogP contribution in [-0.4, -0.2) is 24.2 Å². The molecule has 1 aromatic heterocycles. The standard InChI is InChI=1S/C16H19FN2O3/c17-13-6-1-4-12(10-13)5-2-8-18-16(21)19-11-14(20)15-7-3-9-22-15/h1,3-4,6-7,9-10,14,20H,2,5,8,11H2,(H2,18,19,21). The Morgan fingerprint density at radius 1 is 1.27 bits per heavy atom. The molecule has 0 fully saturated rings. The number of benzene rings is 1. The fourth-order valence-electron chi connectivity index (χ4n) is 2.02. The van der Waals surface area contributed by atoms with E-state index < -0.39 is 6.10 Å². The van der Waals surface area contributed by atoms with Crippen LogP contribution in [0.25, 0.3) is 0 Å². The van der Waals surface area contributed by atoms with Crippen LogP contribution in [0.15, 0.2) is 47.1 Å². The fourth-order valence-corrected chi connectivity index (χ4v) is 2.02. The molecule has 1 aromatic carbocycles. The van der Waals surface area contributed by atoms with E-state index in [4.69, 9.17) is 4.42 Å². The summed E-state index contributed by atoms with van der Waals surface area (Å²) in [4.78, 5) is 11.6. The first-order valence-corrected chi connectivity index (χ1v) is 7.13. The second-order valence-electron chi connectivity index (χ2n) is 4.90. The Kier molecular flexibility index (Phi) is 5.97. The second-order valence-corrected chi connectivity index (χ2v) is 4.90. The van der Waals surface area contributed by atoms with Crippen molar-refractivity contribution in [2.45, 2.75) is 18.9 Å². The van der Waals surface area contributed by atoms with Crippen LogP contribution >= 0.6 is 0 Å².